The Morgan fingerprint density at radius 1 is 1.25 bits per heavy atom. The Bertz CT molecular complexity index is 631. The van der Waals surface area contributed by atoms with Gasteiger partial charge in [-0.25, -0.2) is 5.43 Å². The zero-order chi connectivity index (χ0) is 16.9. The molecule has 3 rings (SSSR count). The topological polar surface area (TPSA) is 73.8 Å². The van der Waals surface area contributed by atoms with Crippen LogP contribution in [0.25, 0.3) is 0 Å². The van der Waals surface area contributed by atoms with E-state index < -0.39 is 0 Å². The average Bonchev–Trinajstić information content (AvgIpc) is 2.59. The SMILES string of the molecule is CC1CCN(Cc2ccc(NC(=O)C3=NNC(=O)CC3)cc2)CC1. The molecule has 0 atom stereocenters. The van der Waals surface area contributed by atoms with Gasteiger partial charge < -0.3 is 5.32 Å². The molecule has 2 N–H and O–H groups in total. The molecule has 2 aliphatic heterocycles. The van der Waals surface area contributed by atoms with Crippen LogP contribution in [0.2, 0.25) is 0 Å². The number of nitrogens with one attached hydrogen (secondary N) is 2. The van der Waals surface area contributed by atoms with Gasteiger partial charge in [-0.3, -0.25) is 14.5 Å². The van der Waals surface area contributed by atoms with Crippen LogP contribution in [-0.4, -0.2) is 35.5 Å². The van der Waals surface area contributed by atoms with E-state index in [1.807, 2.05) is 12.1 Å². The molecule has 1 aromatic rings. The number of hydrogen-bond donors (Lipinski definition) is 2. The zero-order valence-corrected chi connectivity index (χ0v) is 14.0. The molecular formula is C18H24N4O2. The number of nitrogens with zero attached hydrogens (tertiary/aromatic N) is 2. The van der Waals surface area contributed by atoms with Gasteiger partial charge in [0.2, 0.25) is 5.91 Å². The highest BCUT2D eigenvalue weighted by Gasteiger charge is 2.18. The lowest BCUT2D eigenvalue weighted by Gasteiger charge is -2.30. The van der Waals surface area contributed by atoms with Gasteiger partial charge in [0.05, 0.1) is 0 Å². The Morgan fingerprint density at radius 3 is 2.58 bits per heavy atom. The maximum atomic E-state index is 12.1. The fourth-order valence-electron chi connectivity index (χ4n) is 3.01. The second-order valence-electron chi connectivity index (χ2n) is 6.70. The number of anilines is 1. The Balaban J connectivity index is 1.53. The maximum Gasteiger partial charge on any atom is 0.271 e. The van der Waals surface area contributed by atoms with E-state index in [9.17, 15) is 9.59 Å². The van der Waals surface area contributed by atoms with E-state index in [2.05, 4.69) is 39.8 Å². The molecule has 0 aliphatic carbocycles. The van der Waals surface area contributed by atoms with Crippen LogP contribution in [0, 0.1) is 5.92 Å². The van der Waals surface area contributed by atoms with E-state index in [1.165, 1.54) is 18.4 Å². The van der Waals surface area contributed by atoms with Crippen molar-refractivity contribution in [1.82, 2.24) is 10.3 Å². The maximum absolute atomic E-state index is 12.1. The summed E-state index contributed by atoms with van der Waals surface area (Å²) < 4.78 is 0. The van der Waals surface area contributed by atoms with Gasteiger partial charge in [-0.15, -0.1) is 0 Å². The highest BCUT2D eigenvalue weighted by molar-refractivity contribution is 6.43. The van der Waals surface area contributed by atoms with Gasteiger partial charge in [-0.1, -0.05) is 19.1 Å². The number of likely N-dealkylation sites (tertiary alicyclic amines) is 1. The molecule has 0 radical (unpaired) electrons. The molecule has 1 saturated heterocycles. The molecule has 1 fully saturated rings. The third-order valence-electron chi connectivity index (χ3n) is 4.66. The lowest BCUT2D eigenvalue weighted by molar-refractivity contribution is -0.121. The molecule has 2 aliphatic rings. The smallest absolute Gasteiger partial charge is 0.271 e. The summed E-state index contributed by atoms with van der Waals surface area (Å²) in [6.07, 6.45) is 3.22. The number of hydrogen-bond acceptors (Lipinski definition) is 4. The van der Waals surface area contributed by atoms with Crippen LogP contribution >= 0.6 is 0 Å². The number of carbonyl (C=O) groups is 2. The Morgan fingerprint density at radius 2 is 1.96 bits per heavy atom. The van der Waals surface area contributed by atoms with Crippen LogP contribution in [0.3, 0.4) is 0 Å². The first kappa shape index (κ1) is 16.6. The van der Waals surface area contributed by atoms with Crippen LogP contribution < -0.4 is 10.7 Å². The normalized spacial score (nSPS) is 19.5. The van der Waals surface area contributed by atoms with Crippen molar-refractivity contribution in [3.63, 3.8) is 0 Å². The number of rotatable bonds is 4. The van der Waals surface area contributed by atoms with Crippen LogP contribution in [0.1, 0.15) is 38.2 Å². The Labute approximate surface area is 142 Å². The molecule has 0 spiro atoms. The predicted molar refractivity (Wildman–Crippen MR) is 93.6 cm³/mol. The summed E-state index contributed by atoms with van der Waals surface area (Å²) in [5, 5.41) is 6.63. The van der Waals surface area contributed by atoms with Crippen LogP contribution in [0.5, 0.6) is 0 Å². The summed E-state index contributed by atoms with van der Waals surface area (Å²) in [5.74, 6) is 0.433. The first-order valence-electron chi connectivity index (χ1n) is 8.58. The van der Waals surface area contributed by atoms with Gasteiger partial charge in [-0.2, -0.15) is 5.10 Å². The standard InChI is InChI=1S/C18H24N4O2/c1-13-8-10-22(11-9-13)12-14-2-4-15(5-3-14)19-18(24)16-6-7-17(23)21-20-16/h2-5,13H,6-12H2,1H3,(H,19,24)(H,21,23). The summed E-state index contributed by atoms with van der Waals surface area (Å²) in [6.45, 7) is 5.59. The number of benzene rings is 1. The molecule has 1 aromatic carbocycles. The zero-order valence-electron chi connectivity index (χ0n) is 14.0. The molecule has 2 heterocycles. The molecule has 0 saturated carbocycles. The molecular weight excluding hydrogens is 304 g/mol. The first-order valence-corrected chi connectivity index (χ1v) is 8.58. The summed E-state index contributed by atoms with van der Waals surface area (Å²) in [5.41, 5.74) is 4.70. The molecule has 24 heavy (non-hydrogen) atoms. The third-order valence-corrected chi connectivity index (χ3v) is 4.66. The number of piperidine rings is 1. The van der Waals surface area contributed by atoms with Crippen molar-refractivity contribution >= 4 is 23.2 Å². The van der Waals surface area contributed by atoms with E-state index in [0.717, 1.165) is 31.2 Å². The lowest BCUT2D eigenvalue weighted by atomic mass is 9.99. The lowest BCUT2D eigenvalue weighted by Crippen LogP contribution is -2.33. The fraction of sp³-hybridized carbons (Fsp3) is 0.500. The monoisotopic (exact) mass is 328 g/mol. The summed E-state index contributed by atoms with van der Waals surface area (Å²) in [7, 11) is 0. The van der Waals surface area contributed by atoms with Crippen LogP contribution in [0.15, 0.2) is 29.4 Å². The van der Waals surface area contributed by atoms with Crippen molar-refractivity contribution in [2.75, 3.05) is 18.4 Å². The fourth-order valence-corrected chi connectivity index (χ4v) is 3.01. The average molecular weight is 328 g/mol. The number of amides is 2. The summed E-state index contributed by atoms with van der Waals surface area (Å²) in [6, 6.07) is 7.94. The highest BCUT2D eigenvalue weighted by Crippen LogP contribution is 2.19. The van der Waals surface area contributed by atoms with Gasteiger partial charge in [0.15, 0.2) is 0 Å². The van der Waals surface area contributed by atoms with Crippen molar-refractivity contribution < 1.29 is 9.59 Å². The van der Waals surface area contributed by atoms with E-state index in [-0.39, 0.29) is 11.8 Å². The predicted octanol–water partition coefficient (Wildman–Crippen LogP) is 2.12. The molecule has 0 bridgehead atoms. The summed E-state index contributed by atoms with van der Waals surface area (Å²) in [4.78, 5) is 25.6. The second kappa shape index (κ2) is 7.57. The quantitative estimate of drug-likeness (QED) is 0.889. The molecule has 0 unspecified atom stereocenters. The van der Waals surface area contributed by atoms with Crippen molar-refractivity contribution in [2.24, 2.45) is 11.0 Å². The van der Waals surface area contributed by atoms with E-state index >= 15 is 0 Å². The van der Waals surface area contributed by atoms with Crippen LogP contribution in [-0.2, 0) is 16.1 Å². The van der Waals surface area contributed by atoms with Crippen molar-refractivity contribution in [1.29, 1.82) is 0 Å². The van der Waals surface area contributed by atoms with Gasteiger partial charge in [0.1, 0.15) is 5.71 Å². The van der Waals surface area contributed by atoms with Crippen molar-refractivity contribution in [3.8, 4) is 0 Å². The molecule has 2 amide bonds. The number of carbonyl (C=O) groups excluding carboxylic acids is 2. The molecule has 0 aromatic heterocycles. The van der Waals surface area contributed by atoms with E-state index in [4.69, 9.17) is 0 Å². The van der Waals surface area contributed by atoms with Crippen molar-refractivity contribution in [2.45, 2.75) is 39.2 Å². The largest absolute Gasteiger partial charge is 0.321 e. The number of hydrazone groups is 1. The third kappa shape index (κ3) is 4.41. The van der Waals surface area contributed by atoms with Crippen LogP contribution in [0.4, 0.5) is 5.69 Å². The van der Waals surface area contributed by atoms with Crippen molar-refractivity contribution in [3.05, 3.63) is 29.8 Å². The van der Waals surface area contributed by atoms with Gasteiger partial charge in [-0.05, 0) is 49.5 Å². The molecule has 128 valence electrons. The van der Waals surface area contributed by atoms with Gasteiger partial charge in [0, 0.05) is 25.1 Å². The second-order valence-corrected chi connectivity index (χ2v) is 6.70. The minimum absolute atomic E-state index is 0.150. The van der Waals surface area contributed by atoms with Gasteiger partial charge in [0.25, 0.3) is 5.91 Å². The Kier molecular flexibility index (Phi) is 5.25. The first-order chi connectivity index (χ1) is 11.6. The van der Waals surface area contributed by atoms with E-state index in [0.29, 0.717) is 18.6 Å². The van der Waals surface area contributed by atoms with E-state index in [1.54, 1.807) is 0 Å². The minimum Gasteiger partial charge on any atom is -0.321 e. The molecule has 6 heteroatoms. The Hall–Kier alpha value is -2.21. The minimum atomic E-state index is -0.257. The summed E-state index contributed by atoms with van der Waals surface area (Å²) >= 11 is 0. The van der Waals surface area contributed by atoms with Gasteiger partial charge >= 0.3 is 0 Å². The molecule has 6 nitrogen and oxygen atoms in total. The highest BCUT2D eigenvalue weighted by atomic mass is 16.2.